The average Bonchev–Trinajstić information content (AvgIpc) is 3.05. The first kappa shape index (κ1) is 14.2. The maximum atomic E-state index is 5.86. The predicted molar refractivity (Wildman–Crippen MR) is 95.8 cm³/mol. The topological polar surface area (TPSA) is 76.5 Å². The third-order valence-electron chi connectivity index (χ3n) is 4.64. The number of nitrogens with one attached hydrogen (secondary N) is 1. The zero-order valence-corrected chi connectivity index (χ0v) is 13.6. The maximum absolute atomic E-state index is 5.86. The van der Waals surface area contributed by atoms with Crippen LogP contribution in [0, 0.1) is 5.92 Å². The van der Waals surface area contributed by atoms with Crippen molar-refractivity contribution in [2.24, 2.45) is 11.0 Å². The van der Waals surface area contributed by atoms with Gasteiger partial charge < -0.3 is 8.83 Å². The molecule has 1 saturated carbocycles. The third kappa shape index (κ3) is 2.46. The van der Waals surface area contributed by atoms with Gasteiger partial charge in [-0.25, -0.2) is 9.97 Å². The van der Waals surface area contributed by atoms with Gasteiger partial charge in [0.15, 0.2) is 11.4 Å². The summed E-state index contributed by atoms with van der Waals surface area (Å²) in [7, 11) is 0. The number of aromatic nitrogens is 2. The number of anilines is 1. The Bertz CT molecular complexity index is 1100. The van der Waals surface area contributed by atoms with Crippen molar-refractivity contribution in [3.8, 4) is 0 Å². The summed E-state index contributed by atoms with van der Waals surface area (Å²) in [5, 5.41) is 5.18. The molecular formula is C19H16N4O2. The Labute approximate surface area is 143 Å². The molecule has 1 N–H and O–H groups in total. The minimum absolute atomic E-state index is 0.528. The van der Waals surface area contributed by atoms with Gasteiger partial charge in [0, 0.05) is 11.3 Å². The highest BCUT2D eigenvalue weighted by Crippen LogP contribution is 2.47. The molecule has 0 aliphatic heterocycles. The lowest BCUT2D eigenvalue weighted by atomic mass is 10.2. The Morgan fingerprint density at radius 3 is 2.92 bits per heavy atom. The Morgan fingerprint density at radius 1 is 1.16 bits per heavy atom. The van der Waals surface area contributed by atoms with Crippen LogP contribution in [0.25, 0.3) is 22.1 Å². The van der Waals surface area contributed by atoms with Gasteiger partial charge in [0.25, 0.3) is 0 Å². The van der Waals surface area contributed by atoms with E-state index in [1.54, 1.807) is 6.21 Å². The molecule has 6 heteroatoms. The highest BCUT2D eigenvalue weighted by atomic mass is 16.3. The van der Waals surface area contributed by atoms with Crippen LogP contribution in [0.1, 0.15) is 30.8 Å². The number of hydrazone groups is 1. The van der Waals surface area contributed by atoms with E-state index in [1.807, 2.05) is 36.4 Å². The highest BCUT2D eigenvalue weighted by molar-refractivity contribution is 6.05. The standard InChI is InChI=1S/C19H16N4O2/c1-11-8-14(11)16-7-6-12(24-16)9-22-23-19-18-17(20-10-21-19)13-4-2-3-5-15(13)25-18/h2-7,9-11,14H,8H2,1H3,(H,20,21,23)/b22-9-/t11-,14+/m0/s1. The van der Waals surface area contributed by atoms with Gasteiger partial charge in [0.05, 0.1) is 6.21 Å². The zero-order chi connectivity index (χ0) is 16.8. The number of nitrogens with zero attached hydrogens (tertiary/aromatic N) is 3. The van der Waals surface area contributed by atoms with Crippen LogP contribution in [0.2, 0.25) is 0 Å². The number of hydrogen-bond donors (Lipinski definition) is 1. The molecule has 0 unspecified atom stereocenters. The fourth-order valence-corrected chi connectivity index (χ4v) is 3.12. The Morgan fingerprint density at radius 2 is 2.04 bits per heavy atom. The summed E-state index contributed by atoms with van der Waals surface area (Å²) in [5.74, 6) is 3.57. The molecule has 1 aromatic carbocycles. The van der Waals surface area contributed by atoms with Crippen molar-refractivity contribution in [3.63, 3.8) is 0 Å². The fourth-order valence-electron chi connectivity index (χ4n) is 3.12. The minimum atomic E-state index is 0.528. The summed E-state index contributed by atoms with van der Waals surface area (Å²) in [4.78, 5) is 8.54. The summed E-state index contributed by atoms with van der Waals surface area (Å²) >= 11 is 0. The Kier molecular flexibility index (Phi) is 3.09. The molecule has 1 aliphatic carbocycles. The number of hydrogen-bond acceptors (Lipinski definition) is 6. The van der Waals surface area contributed by atoms with Crippen molar-refractivity contribution in [2.75, 3.05) is 5.43 Å². The van der Waals surface area contributed by atoms with E-state index >= 15 is 0 Å². The maximum Gasteiger partial charge on any atom is 0.197 e. The minimum Gasteiger partial charge on any atom is -0.460 e. The molecule has 1 aliphatic rings. The van der Waals surface area contributed by atoms with E-state index < -0.39 is 0 Å². The van der Waals surface area contributed by atoms with Crippen LogP contribution in [-0.2, 0) is 0 Å². The SMILES string of the molecule is C[C@H]1C[C@H]1c1ccc(/C=N\Nc2ncnc3c2oc2ccccc23)o1. The number of furan rings is 2. The van der Waals surface area contributed by atoms with Gasteiger partial charge in [-0.05, 0) is 36.6 Å². The zero-order valence-electron chi connectivity index (χ0n) is 13.6. The second kappa shape index (κ2) is 5.44. The molecule has 6 nitrogen and oxygen atoms in total. The second-order valence-electron chi connectivity index (χ2n) is 6.43. The number of fused-ring (bicyclic) bond motifs is 3. The highest BCUT2D eigenvalue weighted by Gasteiger charge is 2.36. The van der Waals surface area contributed by atoms with Crippen molar-refractivity contribution in [1.82, 2.24) is 9.97 Å². The summed E-state index contributed by atoms with van der Waals surface area (Å²) in [6.45, 7) is 2.23. The lowest BCUT2D eigenvalue weighted by molar-refractivity contribution is 0.500. The van der Waals surface area contributed by atoms with E-state index in [2.05, 4.69) is 27.4 Å². The molecule has 124 valence electrons. The number of rotatable bonds is 4. The summed E-state index contributed by atoms with van der Waals surface area (Å²) in [6.07, 6.45) is 4.35. The van der Waals surface area contributed by atoms with Gasteiger partial charge in [-0.15, -0.1) is 0 Å². The van der Waals surface area contributed by atoms with Crippen LogP contribution in [0.3, 0.4) is 0 Å². The van der Waals surface area contributed by atoms with Gasteiger partial charge in [0.2, 0.25) is 0 Å². The fraction of sp³-hybridized carbons (Fsp3) is 0.211. The van der Waals surface area contributed by atoms with Crippen LogP contribution < -0.4 is 5.43 Å². The molecular weight excluding hydrogens is 316 g/mol. The molecule has 0 radical (unpaired) electrons. The van der Waals surface area contributed by atoms with E-state index in [-0.39, 0.29) is 0 Å². The monoisotopic (exact) mass is 332 g/mol. The Hall–Kier alpha value is -3.15. The molecule has 0 spiro atoms. The van der Waals surface area contributed by atoms with Crippen LogP contribution in [-0.4, -0.2) is 16.2 Å². The van der Waals surface area contributed by atoms with Crippen LogP contribution in [0.4, 0.5) is 5.82 Å². The van der Waals surface area contributed by atoms with Crippen molar-refractivity contribution in [2.45, 2.75) is 19.3 Å². The molecule has 1 fully saturated rings. The molecule has 0 bridgehead atoms. The van der Waals surface area contributed by atoms with Crippen molar-refractivity contribution >= 4 is 34.1 Å². The van der Waals surface area contributed by atoms with Crippen molar-refractivity contribution in [3.05, 3.63) is 54.2 Å². The molecule has 3 heterocycles. The first-order valence-electron chi connectivity index (χ1n) is 8.30. The average molecular weight is 332 g/mol. The molecule has 2 atom stereocenters. The number of benzene rings is 1. The lowest BCUT2D eigenvalue weighted by Crippen LogP contribution is -1.94. The first-order valence-corrected chi connectivity index (χ1v) is 8.30. The quantitative estimate of drug-likeness (QED) is 0.438. The molecule has 0 saturated heterocycles. The summed E-state index contributed by atoms with van der Waals surface area (Å²) in [5.41, 5.74) is 5.06. The summed E-state index contributed by atoms with van der Waals surface area (Å²) in [6, 6.07) is 11.7. The van der Waals surface area contributed by atoms with Gasteiger partial charge in [-0.1, -0.05) is 19.1 Å². The van der Waals surface area contributed by atoms with Crippen LogP contribution in [0.15, 0.2) is 56.7 Å². The van der Waals surface area contributed by atoms with Gasteiger partial charge >= 0.3 is 0 Å². The predicted octanol–water partition coefficient (Wildman–Crippen LogP) is 4.54. The van der Waals surface area contributed by atoms with Crippen molar-refractivity contribution in [1.29, 1.82) is 0 Å². The number of para-hydroxylation sites is 1. The van der Waals surface area contributed by atoms with Crippen LogP contribution in [0.5, 0.6) is 0 Å². The van der Waals surface area contributed by atoms with E-state index in [0.717, 1.165) is 33.9 Å². The summed E-state index contributed by atoms with van der Waals surface area (Å²) < 4.78 is 11.7. The van der Waals surface area contributed by atoms with E-state index in [0.29, 0.717) is 17.3 Å². The lowest BCUT2D eigenvalue weighted by Gasteiger charge is -1.98. The van der Waals surface area contributed by atoms with E-state index in [4.69, 9.17) is 8.83 Å². The van der Waals surface area contributed by atoms with Gasteiger partial charge in [0.1, 0.15) is 28.9 Å². The molecule has 3 aromatic heterocycles. The second-order valence-corrected chi connectivity index (χ2v) is 6.43. The van der Waals surface area contributed by atoms with Gasteiger partial charge in [-0.2, -0.15) is 5.10 Å². The van der Waals surface area contributed by atoms with E-state index in [9.17, 15) is 0 Å². The molecule has 4 aromatic rings. The van der Waals surface area contributed by atoms with E-state index in [1.165, 1.54) is 12.7 Å². The molecule has 25 heavy (non-hydrogen) atoms. The molecule has 5 rings (SSSR count). The van der Waals surface area contributed by atoms with Gasteiger partial charge in [-0.3, -0.25) is 5.43 Å². The molecule has 0 amide bonds. The van der Waals surface area contributed by atoms with Crippen LogP contribution >= 0.6 is 0 Å². The Balaban J connectivity index is 1.41. The smallest absolute Gasteiger partial charge is 0.197 e. The first-order chi connectivity index (χ1) is 12.3. The normalized spacial score (nSPS) is 19.9. The van der Waals surface area contributed by atoms with Crippen molar-refractivity contribution < 1.29 is 8.83 Å². The third-order valence-corrected chi connectivity index (χ3v) is 4.64. The largest absolute Gasteiger partial charge is 0.460 e.